The van der Waals surface area contributed by atoms with Gasteiger partial charge in [-0.3, -0.25) is 4.79 Å². The molecule has 0 saturated heterocycles. The molecule has 21 heavy (non-hydrogen) atoms. The maximum Gasteiger partial charge on any atom is 0.237 e. The monoisotopic (exact) mass is 312 g/mol. The van der Waals surface area contributed by atoms with Crippen LogP contribution in [0.1, 0.15) is 39.3 Å². The highest BCUT2D eigenvalue weighted by atomic mass is 32.2. The van der Waals surface area contributed by atoms with Gasteiger partial charge in [-0.05, 0) is 30.0 Å². The zero-order valence-electron chi connectivity index (χ0n) is 13.2. The Bertz CT molecular complexity index is 601. The number of rotatable bonds is 4. The maximum atomic E-state index is 12.1. The van der Waals surface area contributed by atoms with Crippen LogP contribution in [0.2, 0.25) is 0 Å². The molecule has 0 aliphatic rings. The minimum absolute atomic E-state index is 0.220. The number of amides is 1. The predicted octanol–water partition coefficient (Wildman–Crippen LogP) is 1.64. The Morgan fingerprint density at radius 3 is 2.05 bits per heavy atom. The van der Waals surface area contributed by atoms with Crippen molar-refractivity contribution in [2.75, 3.05) is 6.26 Å². The lowest BCUT2D eigenvalue weighted by Crippen LogP contribution is -2.49. The summed E-state index contributed by atoms with van der Waals surface area (Å²) in [5.41, 5.74) is 6.43. The summed E-state index contributed by atoms with van der Waals surface area (Å²) < 4.78 is 22.8. The van der Waals surface area contributed by atoms with E-state index in [9.17, 15) is 13.2 Å². The number of hydrogen-bond donors (Lipinski definition) is 2. The van der Waals surface area contributed by atoms with Crippen molar-refractivity contribution in [3.05, 3.63) is 29.8 Å². The van der Waals surface area contributed by atoms with Crippen molar-refractivity contribution in [1.29, 1.82) is 0 Å². The number of carbonyl (C=O) groups is 1. The van der Waals surface area contributed by atoms with Crippen LogP contribution in [0.3, 0.4) is 0 Å². The van der Waals surface area contributed by atoms with E-state index in [1.807, 2.05) is 27.7 Å². The third-order valence-electron chi connectivity index (χ3n) is 3.38. The van der Waals surface area contributed by atoms with E-state index in [0.717, 1.165) is 11.8 Å². The summed E-state index contributed by atoms with van der Waals surface area (Å²) >= 11 is 0. The first-order chi connectivity index (χ1) is 9.43. The highest BCUT2D eigenvalue weighted by molar-refractivity contribution is 7.90. The molecule has 0 heterocycles. The summed E-state index contributed by atoms with van der Waals surface area (Å²) in [4.78, 5) is 12.3. The van der Waals surface area contributed by atoms with Crippen molar-refractivity contribution in [3.63, 3.8) is 0 Å². The van der Waals surface area contributed by atoms with Gasteiger partial charge in [-0.25, -0.2) is 8.42 Å². The van der Waals surface area contributed by atoms with Crippen LogP contribution in [0.25, 0.3) is 0 Å². The van der Waals surface area contributed by atoms with Gasteiger partial charge in [0, 0.05) is 6.26 Å². The summed E-state index contributed by atoms with van der Waals surface area (Å²) in [6.07, 6.45) is 1.16. The van der Waals surface area contributed by atoms with Crippen molar-refractivity contribution in [2.24, 2.45) is 11.1 Å². The molecule has 0 fully saturated rings. The molecule has 0 aliphatic carbocycles. The largest absolute Gasteiger partial charge is 0.348 e. The highest BCUT2D eigenvalue weighted by Gasteiger charge is 2.28. The van der Waals surface area contributed by atoms with Crippen molar-refractivity contribution >= 4 is 15.7 Å². The molecule has 0 aromatic heterocycles. The average Bonchev–Trinajstić information content (AvgIpc) is 2.35. The molecule has 1 amide bonds. The zero-order chi connectivity index (χ0) is 16.4. The van der Waals surface area contributed by atoms with Crippen molar-refractivity contribution in [3.8, 4) is 0 Å². The van der Waals surface area contributed by atoms with Crippen molar-refractivity contribution in [1.82, 2.24) is 5.32 Å². The molecule has 1 aromatic carbocycles. The molecule has 1 rings (SSSR count). The van der Waals surface area contributed by atoms with Crippen LogP contribution < -0.4 is 11.1 Å². The SMILES string of the molecule is CC(NC(=O)[C@H](N)C(C)(C)C)c1ccc(S(C)(=O)=O)cc1. The topological polar surface area (TPSA) is 89.3 Å². The van der Waals surface area contributed by atoms with Gasteiger partial charge in [-0.2, -0.15) is 0 Å². The summed E-state index contributed by atoms with van der Waals surface area (Å²) in [6, 6.07) is 5.64. The lowest BCUT2D eigenvalue weighted by atomic mass is 9.86. The van der Waals surface area contributed by atoms with E-state index in [4.69, 9.17) is 5.73 Å². The molecule has 1 aromatic rings. The number of nitrogens with one attached hydrogen (secondary N) is 1. The standard InChI is InChI=1S/C15H24N2O3S/c1-10(17-14(18)13(16)15(2,3)4)11-6-8-12(9-7-11)21(5,19)20/h6-10,13H,16H2,1-5H3,(H,17,18)/t10?,13-/m0/s1. The van der Waals surface area contributed by atoms with Crippen LogP contribution in [0.4, 0.5) is 0 Å². The van der Waals surface area contributed by atoms with Crippen molar-refractivity contribution in [2.45, 2.75) is 44.7 Å². The first-order valence-electron chi connectivity index (χ1n) is 6.79. The van der Waals surface area contributed by atoms with Gasteiger partial charge in [0.15, 0.2) is 9.84 Å². The average molecular weight is 312 g/mol. The summed E-state index contributed by atoms with van der Waals surface area (Å²) in [7, 11) is -3.21. The van der Waals surface area contributed by atoms with Crippen molar-refractivity contribution < 1.29 is 13.2 Å². The quantitative estimate of drug-likeness (QED) is 0.884. The lowest BCUT2D eigenvalue weighted by Gasteiger charge is -2.27. The van der Waals surface area contributed by atoms with E-state index in [-0.39, 0.29) is 22.3 Å². The Labute approximate surface area is 126 Å². The fourth-order valence-corrected chi connectivity index (χ4v) is 2.41. The Morgan fingerprint density at radius 2 is 1.67 bits per heavy atom. The molecule has 2 atom stereocenters. The van der Waals surface area contributed by atoms with Crippen LogP contribution in [0.5, 0.6) is 0 Å². The normalized spacial score (nSPS) is 15.3. The fraction of sp³-hybridized carbons (Fsp3) is 0.533. The lowest BCUT2D eigenvalue weighted by molar-refractivity contribution is -0.125. The molecule has 0 saturated carbocycles. The molecule has 0 spiro atoms. The molecule has 0 radical (unpaired) electrons. The second kappa shape index (κ2) is 6.15. The fourth-order valence-electron chi connectivity index (χ4n) is 1.78. The molecular formula is C15H24N2O3S. The summed E-state index contributed by atoms with van der Waals surface area (Å²) in [5, 5.41) is 2.85. The molecule has 3 N–H and O–H groups in total. The van der Waals surface area contributed by atoms with Crippen LogP contribution in [-0.2, 0) is 14.6 Å². The second-order valence-corrected chi connectivity index (χ2v) is 8.43. The van der Waals surface area contributed by atoms with E-state index >= 15 is 0 Å². The number of hydrogen-bond acceptors (Lipinski definition) is 4. The van der Waals surface area contributed by atoms with Gasteiger partial charge in [0.2, 0.25) is 5.91 Å². The van der Waals surface area contributed by atoms with Crippen LogP contribution >= 0.6 is 0 Å². The van der Waals surface area contributed by atoms with E-state index in [0.29, 0.717) is 0 Å². The first-order valence-corrected chi connectivity index (χ1v) is 8.68. The van der Waals surface area contributed by atoms with Gasteiger partial charge in [-0.15, -0.1) is 0 Å². The first kappa shape index (κ1) is 17.7. The Kier molecular flexibility index (Phi) is 5.17. The van der Waals surface area contributed by atoms with Gasteiger partial charge in [0.1, 0.15) is 0 Å². The minimum atomic E-state index is -3.21. The number of sulfone groups is 1. The molecule has 0 aliphatic heterocycles. The van der Waals surface area contributed by atoms with E-state index < -0.39 is 15.9 Å². The number of carbonyl (C=O) groups excluding carboxylic acids is 1. The Hall–Kier alpha value is -1.40. The Balaban J connectivity index is 2.81. The summed E-state index contributed by atoms with van der Waals surface area (Å²) in [5.74, 6) is -0.220. The molecule has 0 bridgehead atoms. The van der Waals surface area contributed by atoms with Crippen LogP contribution in [0, 0.1) is 5.41 Å². The number of benzene rings is 1. The molecule has 6 heteroatoms. The molecule has 118 valence electrons. The third-order valence-corrected chi connectivity index (χ3v) is 4.51. The minimum Gasteiger partial charge on any atom is -0.348 e. The maximum absolute atomic E-state index is 12.1. The van der Waals surface area contributed by atoms with Gasteiger partial charge >= 0.3 is 0 Å². The van der Waals surface area contributed by atoms with Crippen LogP contribution in [0.15, 0.2) is 29.2 Å². The summed E-state index contributed by atoms with van der Waals surface area (Å²) in [6.45, 7) is 7.55. The smallest absolute Gasteiger partial charge is 0.237 e. The van der Waals surface area contributed by atoms with Crippen LogP contribution in [-0.4, -0.2) is 26.6 Å². The molecule has 5 nitrogen and oxygen atoms in total. The van der Waals surface area contributed by atoms with E-state index in [1.54, 1.807) is 12.1 Å². The van der Waals surface area contributed by atoms with E-state index in [1.165, 1.54) is 12.1 Å². The van der Waals surface area contributed by atoms with Gasteiger partial charge in [-0.1, -0.05) is 32.9 Å². The zero-order valence-corrected chi connectivity index (χ0v) is 14.0. The Morgan fingerprint density at radius 1 is 1.19 bits per heavy atom. The highest BCUT2D eigenvalue weighted by Crippen LogP contribution is 2.20. The molecular weight excluding hydrogens is 288 g/mol. The second-order valence-electron chi connectivity index (χ2n) is 6.42. The van der Waals surface area contributed by atoms with E-state index in [2.05, 4.69) is 5.32 Å². The third kappa shape index (κ3) is 4.82. The van der Waals surface area contributed by atoms with Gasteiger partial charge in [0.25, 0.3) is 0 Å². The number of nitrogens with two attached hydrogens (primary N) is 1. The predicted molar refractivity (Wildman–Crippen MR) is 83.5 cm³/mol. The van der Waals surface area contributed by atoms with Gasteiger partial charge in [0.05, 0.1) is 17.0 Å². The molecule has 1 unspecified atom stereocenters. The van der Waals surface area contributed by atoms with Gasteiger partial charge < -0.3 is 11.1 Å².